The first kappa shape index (κ1) is 50.1. The van der Waals surface area contributed by atoms with E-state index in [0.29, 0.717) is 12.8 Å². The van der Waals surface area contributed by atoms with E-state index in [1.54, 1.807) is 0 Å². The van der Waals surface area contributed by atoms with Gasteiger partial charge in [0.25, 0.3) is 0 Å². The third kappa shape index (κ3) is 54.5. The molecule has 0 radical (unpaired) electrons. The molecular formula is C34H73NaO8S2. The number of hydrogen-bond donors (Lipinski definition) is 2. The Morgan fingerprint density at radius 1 is 0.333 bits per heavy atom. The van der Waals surface area contributed by atoms with Crippen LogP contribution in [-0.2, 0) is 29.2 Å². The fraction of sp³-hybridized carbons (Fsp3) is 1.00. The summed E-state index contributed by atoms with van der Waals surface area (Å²) in [7, 11) is -8.49. The molecular weight excluding hydrogens is 623 g/mol. The first-order chi connectivity index (χ1) is 21.1. The van der Waals surface area contributed by atoms with E-state index in [-0.39, 0.29) is 42.8 Å². The monoisotopic (exact) mass is 696 g/mol. The Balaban J connectivity index is -0.000000770. The topological polar surface area (TPSA) is 127 Å². The third-order valence-electron chi connectivity index (χ3n) is 7.96. The fourth-order valence-electron chi connectivity index (χ4n) is 5.28. The van der Waals surface area contributed by atoms with Gasteiger partial charge in [0.15, 0.2) is 0 Å². The van der Waals surface area contributed by atoms with Crippen molar-refractivity contribution >= 4 is 50.4 Å². The summed E-state index contributed by atoms with van der Waals surface area (Å²) in [6, 6.07) is 0. The Kier molecular flexibility index (Phi) is 43.6. The number of rotatable bonds is 34. The van der Waals surface area contributed by atoms with Crippen LogP contribution in [0.2, 0.25) is 0 Å². The van der Waals surface area contributed by atoms with Gasteiger partial charge in [-0.25, -0.2) is 8.37 Å². The first-order valence-electron chi connectivity index (χ1n) is 18.4. The molecule has 0 amide bonds. The predicted molar refractivity (Wildman–Crippen MR) is 192 cm³/mol. The summed E-state index contributed by atoms with van der Waals surface area (Å²) in [6.07, 6.45) is 38.1. The van der Waals surface area contributed by atoms with E-state index in [9.17, 15) is 16.8 Å². The van der Waals surface area contributed by atoms with Crippen LogP contribution in [0, 0.1) is 0 Å². The van der Waals surface area contributed by atoms with Gasteiger partial charge in [-0.05, 0) is 12.8 Å². The molecule has 0 fully saturated rings. The van der Waals surface area contributed by atoms with Crippen LogP contribution in [0.1, 0.15) is 206 Å². The third-order valence-corrected chi connectivity index (χ3v) is 8.89. The van der Waals surface area contributed by atoms with Gasteiger partial charge in [0.2, 0.25) is 0 Å². The second-order valence-electron chi connectivity index (χ2n) is 12.4. The van der Waals surface area contributed by atoms with E-state index in [4.69, 9.17) is 9.11 Å². The summed E-state index contributed by atoms with van der Waals surface area (Å²) >= 11 is 0. The van der Waals surface area contributed by atoms with Crippen LogP contribution in [0.3, 0.4) is 0 Å². The van der Waals surface area contributed by atoms with Gasteiger partial charge in [-0.1, -0.05) is 194 Å². The summed E-state index contributed by atoms with van der Waals surface area (Å²) in [4.78, 5) is 0. The van der Waals surface area contributed by atoms with E-state index >= 15 is 0 Å². The summed E-state index contributed by atoms with van der Waals surface area (Å²) in [5.74, 6) is 0. The van der Waals surface area contributed by atoms with Gasteiger partial charge in [0.05, 0.1) is 13.2 Å². The summed E-state index contributed by atoms with van der Waals surface area (Å²) in [5.41, 5.74) is 0. The molecule has 0 aliphatic carbocycles. The second-order valence-corrected chi connectivity index (χ2v) is 14.6. The molecule has 0 rings (SSSR count). The molecule has 0 saturated carbocycles. The number of hydrogen-bond acceptors (Lipinski definition) is 6. The Hall–Kier alpha value is 0.740. The van der Waals surface area contributed by atoms with E-state index in [1.807, 2.05) is 0 Å². The summed E-state index contributed by atoms with van der Waals surface area (Å²) < 4.78 is 66.6. The van der Waals surface area contributed by atoms with Crippen molar-refractivity contribution < 1.29 is 34.3 Å². The Morgan fingerprint density at radius 3 is 0.644 bits per heavy atom. The minimum absolute atomic E-state index is 0. The van der Waals surface area contributed by atoms with E-state index < -0.39 is 20.8 Å². The molecule has 8 nitrogen and oxygen atoms in total. The molecule has 0 atom stereocenters. The fourth-order valence-corrected chi connectivity index (χ4v) is 5.93. The van der Waals surface area contributed by atoms with Crippen molar-refractivity contribution in [2.24, 2.45) is 0 Å². The molecule has 0 aliphatic rings. The van der Waals surface area contributed by atoms with Gasteiger partial charge in [0, 0.05) is 0 Å². The molecule has 0 aliphatic heterocycles. The van der Waals surface area contributed by atoms with Crippen LogP contribution in [0.4, 0.5) is 0 Å². The molecule has 0 bridgehead atoms. The van der Waals surface area contributed by atoms with Gasteiger partial charge in [0.1, 0.15) is 0 Å². The Morgan fingerprint density at radius 2 is 0.489 bits per heavy atom. The van der Waals surface area contributed by atoms with Crippen molar-refractivity contribution in [3.63, 3.8) is 0 Å². The van der Waals surface area contributed by atoms with Crippen molar-refractivity contribution in [1.29, 1.82) is 0 Å². The van der Waals surface area contributed by atoms with Crippen LogP contribution < -0.4 is 0 Å². The maximum absolute atomic E-state index is 10.3. The van der Waals surface area contributed by atoms with Crippen LogP contribution in [0.25, 0.3) is 0 Å². The molecule has 0 saturated heterocycles. The van der Waals surface area contributed by atoms with E-state index in [0.717, 1.165) is 25.7 Å². The second kappa shape index (κ2) is 39.2. The van der Waals surface area contributed by atoms with Crippen LogP contribution >= 0.6 is 0 Å². The molecule has 0 aromatic carbocycles. The van der Waals surface area contributed by atoms with Crippen molar-refractivity contribution in [3.05, 3.63) is 0 Å². The molecule has 2 N–H and O–H groups in total. The normalized spacial score (nSPS) is 11.6. The zero-order valence-electron chi connectivity index (χ0n) is 28.8. The molecule has 45 heavy (non-hydrogen) atoms. The van der Waals surface area contributed by atoms with Crippen molar-refractivity contribution in [2.45, 2.75) is 206 Å². The van der Waals surface area contributed by atoms with Gasteiger partial charge in [-0.15, -0.1) is 0 Å². The number of unbranched alkanes of at least 4 members (excludes halogenated alkanes) is 28. The van der Waals surface area contributed by atoms with Gasteiger partial charge >= 0.3 is 50.4 Å². The van der Waals surface area contributed by atoms with Crippen molar-refractivity contribution in [3.8, 4) is 0 Å². The SMILES string of the molecule is CCCCCCCCCCCCCCCCCCOS(=O)(=O)O.CCCCCCCCCCCCCCCCOS(=O)(=O)O.[NaH]. The zero-order chi connectivity index (χ0) is 33.0. The maximum atomic E-state index is 10.3. The molecule has 0 aromatic heterocycles. The molecule has 0 heterocycles. The van der Waals surface area contributed by atoms with Gasteiger partial charge in [-0.3, -0.25) is 9.11 Å². The minimum atomic E-state index is -4.24. The summed E-state index contributed by atoms with van der Waals surface area (Å²) in [5, 5.41) is 0. The van der Waals surface area contributed by atoms with Crippen LogP contribution in [-0.4, -0.2) is 68.7 Å². The summed E-state index contributed by atoms with van der Waals surface area (Å²) in [6.45, 7) is 4.70. The quantitative estimate of drug-likeness (QED) is 0.0386. The van der Waals surface area contributed by atoms with E-state index in [2.05, 4.69) is 22.2 Å². The Bertz CT molecular complexity index is 764. The zero-order valence-corrected chi connectivity index (χ0v) is 30.4. The van der Waals surface area contributed by atoms with Crippen molar-refractivity contribution in [1.82, 2.24) is 0 Å². The molecule has 0 unspecified atom stereocenters. The molecule has 11 heteroatoms. The molecule has 270 valence electrons. The first-order valence-corrected chi connectivity index (χ1v) is 21.1. The van der Waals surface area contributed by atoms with Gasteiger partial charge < -0.3 is 0 Å². The molecule has 0 spiro atoms. The van der Waals surface area contributed by atoms with Crippen LogP contribution in [0.5, 0.6) is 0 Å². The average Bonchev–Trinajstić information content (AvgIpc) is 2.96. The van der Waals surface area contributed by atoms with Crippen molar-refractivity contribution in [2.75, 3.05) is 13.2 Å². The van der Waals surface area contributed by atoms with E-state index in [1.165, 1.54) is 154 Å². The van der Waals surface area contributed by atoms with Gasteiger partial charge in [-0.2, -0.15) is 16.8 Å². The van der Waals surface area contributed by atoms with Crippen LogP contribution in [0.15, 0.2) is 0 Å². The average molecular weight is 697 g/mol. The standard InChI is InChI=1S/C18H38O4S.C16H34O4S.Na.H/c1-2-3-4-5-6-7-8-9-10-11-12-13-14-15-16-17-18-22-23(19,20)21;1-2-3-4-5-6-7-8-9-10-11-12-13-14-15-16-20-21(17,18)19;;/h2-18H2,1H3,(H,19,20,21);2-16H2,1H3,(H,17,18,19);;. The Labute approximate surface area is 302 Å². The molecule has 0 aromatic rings. The predicted octanol–water partition coefficient (Wildman–Crippen LogP) is 10.7.